The Morgan fingerprint density at radius 3 is 2.52 bits per heavy atom. The molecule has 1 aliphatic heterocycles. The van der Waals surface area contributed by atoms with Crippen LogP contribution in [0.15, 0.2) is 63.6 Å². The molecule has 1 heterocycles. The molecule has 2 N–H and O–H groups in total. The summed E-state index contributed by atoms with van der Waals surface area (Å²) in [5.74, 6) is -1.01. The van der Waals surface area contributed by atoms with E-state index >= 15 is 0 Å². The number of carbonyl (C=O) groups excluding carboxylic acids is 2. The zero-order valence-corrected chi connectivity index (χ0v) is 16.9. The van der Waals surface area contributed by atoms with Gasteiger partial charge in [0.15, 0.2) is 0 Å². The summed E-state index contributed by atoms with van der Waals surface area (Å²) in [6, 6.07) is 16.8. The number of rotatable bonds is 4. The van der Waals surface area contributed by atoms with Gasteiger partial charge in [-0.2, -0.15) is 5.26 Å². The maximum Gasteiger partial charge on any atom is 0.262 e. The van der Waals surface area contributed by atoms with Gasteiger partial charge in [0.2, 0.25) is 5.91 Å². The van der Waals surface area contributed by atoms with Crippen LogP contribution in [0.3, 0.4) is 0 Å². The second-order valence-electron chi connectivity index (χ2n) is 6.04. The smallest absolute Gasteiger partial charge is 0.262 e. The fourth-order valence-electron chi connectivity index (χ4n) is 2.86. The highest BCUT2D eigenvalue weighted by Gasteiger charge is 2.40. The molecule has 1 aliphatic rings. The molecular formula is C20H16BrN3O2S. The van der Waals surface area contributed by atoms with Gasteiger partial charge in [-0.05, 0) is 48.7 Å². The third-order valence-electron chi connectivity index (χ3n) is 4.28. The van der Waals surface area contributed by atoms with Gasteiger partial charge in [-0.3, -0.25) is 14.5 Å². The molecule has 3 rings (SSSR count). The number of benzene rings is 2. The minimum Gasteiger partial charge on any atom is -0.365 e. The Morgan fingerprint density at radius 2 is 1.93 bits per heavy atom. The van der Waals surface area contributed by atoms with Crippen molar-refractivity contribution in [3.8, 4) is 6.07 Å². The van der Waals surface area contributed by atoms with Crippen molar-refractivity contribution in [3.05, 3.63) is 74.7 Å². The van der Waals surface area contributed by atoms with Crippen LogP contribution in [0.25, 0.3) is 0 Å². The van der Waals surface area contributed by atoms with E-state index in [2.05, 4.69) is 15.9 Å². The summed E-state index contributed by atoms with van der Waals surface area (Å²) < 4.78 is 0.864. The van der Waals surface area contributed by atoms with Crippen molar-refractivity contribution in [3.63, 3.8) is 0 Å². The van der Waals surface area contributed by atoms with Crippen LogP contribution in [0.5, 0.6) is 0 Å². The number of hydrogen-bond donors (Lipinski definition) is 1. The summed E-state index contributed by atoms with van der Waals surface area (Å²) >= 11 is 4.58. The Morgan fingerprint density at radius 1 is 1.26 bits per heavy atom. The lowest BCUT2D eigenvalue weighted by Gasteiger charge is -2.18. The molecule has 0 aliphatic carbocycles. The van der Waals surface area contributed by atoms with Crippen molar-refractivity contribution < 1.29 is 9.59 Å². The molecule has 2 aromatic carbocycles. The van der Waals surface area contributed by atoms with Crippen LogP contribution in [0.1, 0.15) is 11.1 Å². The van der Waals surface area contributed by atoms with Crippen molar-refractivity contribution >= 4 is 45.2 Å². The van der Waals surface area contributed by atoms with Gasteiger partial charge in [0.25, 0.3) is 5.91 Å². The number of carbonyl (C=O) groups is 2. The van der Waals surface area contributed by atoms with Crippen LogP contribution in [-0.4, -0.2) is 17.1 Å². The number of nitrogens with zero attached hydrogens (tertiary/aromatic N) is 2. The summed E-state index contributed by atoms with van der Waals surface area (Å²) in [7, 11) is 0. The molecule has 136 valence electrons. The van der Waals surface area contributed by atoms with Crippen LogP contribution in [0.4, 0.5) is 5.69 Å². The Balaban J connectivity index is 2.05. The highest BCUT2D eigenvalue weighted by Crippen LogP contribution is 2.42. The molecule has 0 saturated carbocycles. The molecule has 5 nitrogen and oxygen atoms in total. The molecule has 0 spiro atoms. The zero-order valence-electron chi connectivity index (χ0n) is 14.5. The Labute approximate surface area is 170 Å². The molecule has 0 aromatic heterocycles. The molecule has 0 bridgehead atoms. The third-order valence-corrected chi connectivity index (χ3v) is 6.07. The normalized spacial score (nSPS) is 18.3. The van der Waals surface area contributed by atoms with E-state index in [4.69, 9.17) is 5.73 Å². The van der Waals surface area contributed by atoms with Crippen molar-refractivity contribution in [1.29, 1.82) is 5.26 Å². The van der Waals surface area contributed by atoms with Gasteiger partial charge < -0.3 is 5.73 Å². The zero-order chi connectivity index (χ0) is 19.6. The van der Waals surface area contributed by atoms with Gasteiger partial charge in [0.05, 0.1) is 5.25 Å². The number of amides is 2. The standard InChI is InChI=1S/C20H16BrN3O2S/c1-12-4-2-3-5-13(12)10-17-19(26)24(15-8-6-14(21)7-9-15)20(27-17)16(11-22)18(23)25/h2-9,17H,10H2,1H3,(H2,23,25)/b20-16-/t17-/m0/s1. The van der Waals surface area contributed by atoms with E-state index in [1.165, 1.54) is 16.7 Å². The first kappa shape index (κ1) is 19.2. The molecule has 1 atom stereocenters. The Bertz CT molecular complexity index is 979. The largest absolute Gasteiger partial charge is 0.365 e. The molecule has 2 aromatic rings. The van der Waals surface area contributed by atoms with Crippen molar-refractivity contribution in [2.75, 3.05) is 4.90 Å². The van der Waals surface area contributed by atoms with Crippen LogP contribution < -0.4 is 10.6 Å². The van der Waals surface area contributed by atoms with E-state index in [0.717, 1.165) is 15.6 Å². The van der Waals surface area contributed by atoms with Crippen LogP contribution in [-0.2, 0) is 16.0 Å². The topological polar surface area (TPSA) is 87.2 Å². The van der Waals surface area contributed by atoms with E-state index in [9.17, 15) is 14.9 Å². The number of aryl methyl sites for hydroxylation is 1. The average Bonchev–Trinajstić information content (AvgIpc) is 2.94. The van der Waals surface area contributed by atoms with E-state index in [-0.39, 0.29) is 16.5 Å². The summed E-state index contributed by atoms with van der Waals surface area (Å²) in [5, 5.41) is 9.25. The highest BCUT2D eigenvalue weighted by atomic mass is 79.9. The number of anilines is 1. The Hall–Kier alpha value is -2.56. The Kier molecular flexibility index (Phi) is 5.68. The molecule has 0 radical (unpaired) electrons. The van der Waals surface area contributed by atoms with E-state index in [0.29, 0.717) is 12.1 Å². The molecular weight excluding hydrogens is 426 g/mol. The minimum atomic E-state index is -0.841. The lowest BCUT2D eigenvalue weighted by Crippen LogP contribution is -2.31. The van der Waals surface area contributed by atoms with E-state index in [1.54, 1.807) is 24.3 Å². The highest BCUT2D eigenvalue weighted by molar-refractivity contribution is 9.10. The van der Waals surface area contributed by atoms with Gasteiger partial charge in [0.1, 0.15) is 16.7 Å². The SMILES string of the molecule is Cc1ccccc1C[C@@H]1S/C(=C(/C#N)C(N)=O)N(c2ccc(Br)cc2)C1=O. The molecule has 2 amide bonds. The maximum atomic E-state index is 13.2. The van der Waals surface area contributed by atoms with Crippen LogP contribution in [0, 0.1) is 18.3 Å². The summed E-state index contributed by atoms with van der Waals surface area (Å²) in [6.07, 6.45) is 0.504. The predicted molar refractivity (Wildman–Crippen MR) is 110 cm³/mol. The minimum absolute atomic E-state index is 0.172. The molecule has 27 heavy (non-hydrogen) atoms. The van der Waals surface area contributed by atoms with Crippen LogP contribution >= 0.6 is 27.7 Å². The third kappa shape index (κ3) is 3.92. The number of nitrogens with two attached hydrogens (primary N) is 1. The first-order valence-electron chi connectivity index (χ1n) is 8.17. The van der Waals surface area contributed by atoms with E-state index < -0.39 is 11.2 Å². The van der Waals surface area contributed by atoms with Crippen molar-refractivity contribution in [2.24, 2.45) is 5.73 Å². The molecule has 1 saturated heterocycles. The lowest BCUT2D eigenvalue weighted by atomic mass is 10.0. The molecule has 7 heteroatoms. The summed E-state index contributed by atoms with van der Waals surface area (Å²) in [6.45, 7) is 1.99. The second kappa shape index (κ2) is 7.99. The van der Waals surface area contributed by atoms with Gasteiger partial charge in [-0.1, -0.05) is 52.0 Å². The number of thioether (sulfide) groups is 1. The monoisotopic (exact) mass is 441 g/mol. The predicted octanol–water partition coefficient (Wildman–Crippen LogP) is 3.67. The maximum absolute atomic E-state index is 13.2. The number of nitriles is 1. The summed E-state index contributed by atoms with van der Waals surface area (Å²) in [5.41, 5.74) is 7.91. The first-order chi connectivity index (χ1) is 12.9. The molecule has 1 fully saturated rings. The fourth-order valence-corrected chi connectivity index (χ4v) is 4.43. The average molecular weight is 442 g/mol. The number of hydrogen-bond acceptors (Lipinski definition) is 4. The van der Waals surface area contributed by atoms with Gasteiger partial charge in [-0.15, -0.1) is 0 Å². The lowest BCUT2D eigenvalue weighted by molar-refractivity contribution is -0.117. The molecule has 0 unspecified atom stereocenters. The number of primary amides is 1. The second-order valence-corrected chi connectivity index (χ2v) is 8.15. The summed E-state index contributed by atoms with van der Waals surface area (Å²) in [4.78, 5) is 26.3. The van der Waals surface area contributed by atoms with Crippen molar-refractivity contribution in [1.82, 2.24) is 0 Å². The van der Waals surface area contributed by atoms with Crippen LogP contribution in [0.2, 0.25) is 0 Å². The van der Waals surface area contributed by atoms with Crippen molar-refractivity contribution in [2.45, 2.75) is 18.6 Å². The first-order valence-corrected chi connectivity index (χ1v) is 9.84. The van der Waals surface area contributed by atoms with E-state index in [1.807, 2.05) is 37.3 Å². The number of halogens is 1. The van der Waals surface area contributed by atoms with Gasteiger partial charge >= 0.3 is 0 Å². The fraction of sp³-hybridized carbons (Fsp3) is 0.150. The quantitative estimate of drug-likeness (QED) is 0.578. The van der Waals surface area contributed by atoms with Gasteiger partial charge in [-0.25, -0.2) is 0 Å². The van der Waals surface area contributed by atoms with Gasteiger partial charge in [0, 0.05) is 10.2 Å².